The van der Waals surface area contributed by atoms with Gasteiger partial charge in [-0.15, -0.1) is 0 Å². The van der Waals surface area contributed by atoms with Gasteiger partial charge in [-0.1, -0.05) is 12.1 Å². The highest BCUT2D eigenvalue weighted by molar-refractivity contribution is 5.81. The molecular weight excluding hydrogens is 454 g/mol. The van der Waals surface area contributed by atoms with Crippen LogP contribution in [0.3, 0.4) is 0 Å². The average molecular weight is 474 g/mol. The monoisotopic (exact) mass is 474 g/mol. The maximum atomic E-state index is 14.2. The molecule has 1 fully saturated rings. The largest absolute Gasteiger partial charge is 0.382 e. The number of nitrogen functional groups attached to an aromatic ring is 2. The van der Waals surface area contributed by atoms with E-state index in [2.05, 4.69) is 15.3 Å². The third-order valence-corrected chi connectivity index (χ3v) is 5.97. The van der Waals surface area contributed by atoms with Crippen molar-refractivity contribution in [2.24, 2.45) is 5.92 Å². The van der Waals surface area contributed by atoms with Crippen molar-refractivity contribution in [3.8, 4) is 11.8 Å². The first-order chi connectivity index (χ1) is 16.8. The van der Waals surface area contributed by atoms with E-state index in [1.807, 2.05) is 6.07 Å². The van der Waals surface area contributed by atoms with Crippen LogP contribution in [0.2, 0.25) is 0 Å². The van der Waals surface area contributed by atoms with Gasteiger partial charge in [0.1, 0.15) is 34.9 Å². The Labute approximate surface area is 198 Å². The molecule has 4 aromatic rings. The number of hydrogen-bond donors (Lipinski definition) is 3. The van der Waals surface area contributed by atoms with Crippen molar-refractivity contribution in [2.75, 3.05) is 16.8 Å². The zero-order valence-electron chi connectivity index (χ0n) is 18.6. The Kier molecular flexibility index (Phi) is 5.28. The third-order valence-electron chi connectivity index (χ3n) is 5.97. The van der Waals surface area contributed by atoms with E-state index in [9.17, 15) is 18.8 Å². The number of aryl methyl sites for hydroxylation is 1. The van der Waals surface area contributed by atoms with Crippen molar-refractivity contribution in [3.05, 3.63) is 75.3 Å². The number of aromatic nitrogens is 4. The van der Waals surface area contributed by atoms with E-state index >= 15 is 0 Å². The van der Waals surface area contributed by atoms with Crippen LogP contribution in [0.25, 0.3) is 16.6 Å². The number of halogens is 2. The van der Waals surface area contributed by atoms with Crippen LogP contribution in [0.5, 0.6) is 0 Å². The molecule has 2 aromatic heterocycles. The minimum Gasteiger partial charge on any atom is -0.382 e. The molecule has 0 radical (unpaired) electrons. The summed E-state index contributed by atoms with van der Waals surface area (Å²) in [4.78, 5) is 26.5. The number of anilines is 3. The molecule has 11 heteroatoms. The zero-order valence-corrected chi connectivity index (χ0v) is 18.6. The number of benzene rings is 2. The van der Waals surface area contributed by atoms with Gasteiger partial charge in [0.15, 0.2) is 5.82 Å². The Balaban J connectivity index is 1.79. The molecule has 0 amide bonds. The van der Waals surface area contributed by atoms with Gasteiger partial charge in [0.05, 0.1) is 22.6 Å². The summed E-state index contributed by atoms with van der Waals surface area (Å²) in [6.07, 6.45) is 1.60. The van der Waals surface area contributed by atoms with Crippen LogP contribution >= 0.6 is 0 Å². The molecule has 9 nitrogen and oxygen atoms in total. The summed E-state index contributed by atoms with van der Waals surface area (Å²) in [7, 11) is 0. The highest BCUT2D eigenvalue weighted by Gasteiger charge is 2.37. The van der Waals surface area contributed by atoms with Crippen LogP contribution in [0.15, 0.2) is 41.2 Å². The molecule has 2 aromatic carbocycles. The Morgan fingerprint density at radius 3 is 2.51 bits per heavy atom. The van der Waals surface area contributed by atoms with Crippen molar-refractivity contribution >= 4 is 28.5 Å². The van der Waals surface area contributed by atoms with Gasteiger partial charge in [0, 0.05) is 6.07 Å². The summed E-state index contributed by atoms with van der Waals surface area (Å²) in [5.41, 5.74) is 12.2. The lowest BCUT2D eigenvalue weighted by atomic mass is 10.1. The predicted molar refractivity (Wildman–Crippen MR) is 127 cm³/mol. The highest BCUT2D eigenvalue weighted by atomic mass is 19.1. The van der Waals surface area contributed by atoms with Crippen molar-refractivity contribution in [2.45, 2.75) is 25.8 Å². The van der Waals surface area contributed by atoms with E-state index in [0.29, 0.717) is 16.5 Å². The molecule has 5 N–H and O–H groups in total. The summed E-state index contributed by atoms with van der Waals surface area (Å²) >= 11 is 0. The first kappa shape index (κ1) is 22.2. The molecule has 1 aliphatic carbocycles. The molecule has 5 rings (SSSR count). The van der Waals surface area contributed by atoms with Crippen LogP contribution in [0.4, 0.5) is 26.4 Å². The standard InChI is InChI=1S/C24H20F2N8O/c1-11-3-2-4-17-18(11)23(35)34(15-8-13(25)7-14(26)9-15)22(30-17)19(12-5-6-12)31-21-16(10-27)20(28)32-24(29)33-21/h2-4,7-9,12,19H,5-6H2,1H3,(H5,28,29,31,32,33)/t19-/m0/s1. The lowest BCUT2D eigenvalue weighted by molar-refractivity contribution is 0.575. The fraction of sp³-hybridized carbons (Fsp3) is 0.208. The van der Waals surface area contributed by atoms with Crippen LogP contribution in [0.1, 0.15) is 35.8 Å². The number of fused-ring (bicyclic) bond motifs is 1. The molecule has 1 atom stereocenters. The van der Waals surface area contributed by atoms with Crippen molar-refractivity contribution in [3.63, 3.8) is 0 Å². The third kappa shape index (κ3) is 3.99. The minimum absolute atomic E-state index is 0.00479. The zero-order chi connectivity index (χ0) is 24.9. The SMILES string of the molecule is Cc1cccc2nc([C@@H](Nc3nc(N)nc(N)c3C#N)C3CC3)n(-c3cc(F)cc(F)c3)c(=O)c12. The van der Waals surface area contributed by atoms with E-state index < -0.39 is 23.2 Å². The second-order valence-corrected chi connectivity index (χ2v) is 8.47. The predicted octanol–water partition coefficient (Wildman–Crippen LogP) is 3.36. The van der Waals surface area contributed by atoms with Crippen molar-refractivity contribution in [1.82, 2.24) is 19.5 Å². The van der Waals surface area contributed by atoms with E-state index in [1.165, 1.54) is 4.57 Å². The topological polar surface area (TPSA) is 149 Å². The lowest BCUT2D eigenvalue weighted by Crippen LogP contribution is -2.30. The molecule has 1 saturated carbocycles. The van der Waals surface area contributed by atoms with E-state index in [1.54, 1.807) is 25.1 Å². The molecule has 176 valence electrons. The maximum Gasteiger partial charge on any atom is 0.266 e. The smallest absolute Gasteiger partial charge is 0.266 e. The molecule has 0 aliphatic heterocycles. The second kappa shape index (κ2) is 8.32. The van der Waals surface area contributed by atoms with E-state index in [4.69, 9.17) is 16.5 Å². The normalized spacial score (nSPS) is 14.0. The molecule has 2 heterocycles. The second-order valence-electron chi connectivity index (χ2n) is 8.47. The summed E-state index contributed by atoms with van der Waals surface area (Å²) in [6, 6.07) is 9.45. The van der Waals surface area contributed by atoms with Gasteiger partial charge in [-0.3, -0.25) is 9.36 Å². The first-order valence-electron chi connectivity index (χ1n) is 10.8. The maximum absolute atomic E-state index is 14.2. The summed E-state index contributed by atoms with van der Waals surface area (Å²) < 4.78 is 29.6. The fourth-order valence-corrected chi connectivity index (χ4v) is 4.22. The van der Waals surface area contributed by atoms with Crippen LogP contribution in [-0.2, 0) is 0 Å². The molecule has 0 unspecified atom stereocenters. The Bertz CT molecular complexity index is 1570. The van der Waals surface area contributed by atoms with Crippen molar-refractivity contribution in [1.29, 1.82) is 5.26 Å². The van der Waals surface area contributed by atoms with Gasteiger partial charge < -0.3 is 16.8 Å². The van der Waals surface area contributed by atoms with Gasteiger partial charge in [-0.05, 0) is 49.4 Å². The van der Waals surface area contributed by atoms with E-state index in [-0.39, 0.29) is 40.6 Å². The average Bonchev–Trinajstić information content (AvgIpc) is 3.61. The highest BCUT2D eigenvalue weighted by Crippen LogP contribution is 2.43. The van der Waals surface area contributed by atoms with Gasteiger partial charge in [-0.2, -0.15) is 15.2 Å². The Hall–Kier alpha value is -4.59. The fourth-order valence-electron chi connectivity index (χ4n) is 4.22. The number of nitriles is 1. The number of rotatable bonds is 5. The van der Waals surface area contributed by atoms with Crippen LogP contribution in [0, 0.1) is 35.8 Å². The van der Waals surface area contributed by atoms with Crippen LogP contribution < -0.4 is 22.3 Å². The number of nitrogens with zero attached hydrogens (tertiary/aromatic N) is 5. The van der Waals surface area contributed by atoms with E-state index in [0.717, 1.165) is 31.0 Å². The quantitative estimate of drug-likeness (QED) is 0.399. The van der Waals surface area contributed by atoms with Crippen molar-refractivity contribution < 1.29 is 8.78 Å². The molecule has 0 saturated heterocycles. The number of hydrogen-bond acceptors (Lipinski definition) is 8. The number of nitrogens with two attached hydrogens (primary N) is 2. The number of nitrogens with one attached hydrogen (secondary N) is 1. The lowest BCUT2D eigenvalue weighted by Gasteiger charge is -2.24. The molecule has 35 heavy (non-hydrogen) atoms. The van der Waals surface area contributed by atoms with Crippen LogP contribution in [-0.4, -0.2) is 19.5 Å². The summed E-state index contributed by atoms with van der Waals surface area (Å²) in [5, 5.41) is 13.1. The Morgan fingerprint density at radius 1 is 1.14 bits per heavy atom. The van der Waals surface area contributed by atoms with Gasteiger partial charge >= 0.3 is 0 Å². The van der Waals surface area contributed by atoms with Gasteiger partial charge in [-0.25, -0.2) is 13.8 Å². The molecule has 1 aliphatic rings. The Morgan fingerprint density at radius 2 is 1.86 bits per heavy atom. The molecule has 0 spiro atoms. The molecule has 0 bridgehead atoms. The minimum atomic E-state index is -0.832. The van der Waals surface area contributed by atoms with Gasteiger partial charge in [0.25, 0.3) is 5.56 Å². The molecular formula is C24H20F2N8O. The first-order valence-corrected chi connectivity index (χ1v) is 10.8. The summed E-state index contributed by atoms with van der Waals surface area (Å²) in [5.74, 6) is -1.57. The van der Waals surface area contributed by atoms with Gasteiger partial charge in [0.2, 0.25) is 5.95 Å². The summed E-state index contributed by atoms with van der Waals surface area (Å²) in [6.45, 7) is 1.77.